The Kier molecular flexibility index (Phi) is 7.37. The van der Waals surface area contributed by atoms with Crippen molar-refractivity contribution in [1.82, 2.24) is 24.6 Å². The SMILES string of the molecule is CC(C)C[C@H](CO)Nc1nc(NCc2cnccc2-c2ccccc2)n2ncc(C(C)C)c2n1. The van der Waals surface area contributed by atoms with Gasteiger partial charge in [0.25, 0.3) is 0 Å². The van der Waals surface area contributed by atoms with Gasteiger partial charge in [0.05, 0.1) is 18.8 Å². The number of nitrogens with zero attached hydrogens (tertiary/aromatic N) is 5. The van der Waals surface area contributed by atoms with E-state index >= 15 is 0 Å². The first kappa shape index (κ1) is 23.6. The molecule has 0 unspecified atom stereocenters. The van der Waals surface area contributed by atoms with Gasteiger partial charge < -0.3 is 15.7 Å². The molecule has 8 heteroatoms. The number of pyridine rings is 1. The number of rotatable bonds is 10. The summed E-state index contributed by atoms with van der Waals surface area (Å²) in [6.07, 6.45) is 6.35. The van der Waals surface area contributed by atoms with Crippen molar-refractivity contribution in [2.75, 3.05) is 17.2 Å². The Morgan fingerprint density at radius 3 is 2.50 bits per heavy atom. The molecule has 3 aromatic heterocycles. The molecule has 0 radical (unpaired) electrons. The zero-order valence-corrected chi connectivity index (χ0v) is 20.2. The normalized spacial score (nSPS) is 12.4. The molecular formula is C26H33N7O. The first-order valence-corrected chi connectivity index (χ1v) is 11.8. The maximum absolute atomic E-state index is 9.85. The average molecular weight is 460 g/mol. The van der Waals surface area contributed by atoms with Crippen LogP contribution in [0.1, 0.15) is 51.2 Å². The molecule has 0 aliphatic heterocycles. The number of hydrogen-bond acceptors (Lipinski definition) is 7. The molecule has 4 aromatic rings. The second kappa shape index (κ2) is 10.6. The van der Waals surface area contributed by atoms with Gasteiger partial charge >= 0.3 is 0 Å². The fourth-order valence-electron chi connectivity index (χ4n) is 4.05. The Labute approximate surface area is 200 Å². The van der Waals surface area contributed by atoms with Gasteiger partial charge in [-0.1, -0.05) is 58.0 Å². The highest BCUT2D eigenvalue weighted by Crippen LogP contribution is 2.25. The Bertz CT molecular complexity index is 1220. The number of hydrogen-bond donors (Lipinski definition) is 3. The Morgan fingerprint density at radius 1 is 1.00 bits per heavy atom. The second-order valence-corrected chi connectivity index (χ2v) is 9.27. The Balaban J connectivity index is 1.67. The molecule has 0 aliphatic carbocycles. The van der Waals surface area contributed by atoms with E-state index in [0.717, 1.165) is 34.3 Å². The van der Waals surface area contributed by atoms with Crippen molar-refractivity contribution >= 4 is 17.5 Å². The van der Waals surface area contributed by atoms with Gasteiger partial charge in [-0.2, -0.15) is 19.6 Å². The van der Waals surface area contributed by atoms with Crippen molar-refractivity contribution in [1.29, 1.82) is 0 Å². The zero-order chi connectivity index (χ0) is 24.1. The lowest BCUT2D eigenvalue weighted by Gasteiger charge is -2.19. The molecule has 0 fully saturated rings. The molecule has 1 atom stereocenters. The van der Waals surface area contributed by atoms with E-state index in [1.54, 1.807) is 4.52 Å². The Morgan fingerprint density at radius 2 is 1.79 bits per heavy atom. The molecule has 0 bridgehead atoms. The van der Waals surface area contributed by atoms with Crippen molar-refractivity contribution in [3.63, 3.8) is 0 Å². The Hall–Kier alpha value is -3.52. The topological polar surface area (TPSA) is 100 Å². The van der Waals surface area contributed by atoms with Crippen LogP contribution in [0.25, 0.3) is 16.8 Å². The average Bonchev–Trinajstić information content (AvgIpc) is 3.27. The van der Waals surface area contributed by atoms with Gasteiger partial charge in [-0.15, -0.1) is 0 Å². The van der Waals surface area contributed by atoms with Crippen molar-refractivity contribution in [3.05, 3.63) is 66.1 Å². The van der Waals surface area contributed by atoms with Gasteiger partial charge in [0.15, 0.2) is 5.65 Å². The van der Waals surface area contributed by atoms with Crippen molar-refractivity contribution in [3.8, 4) is 11.1 Å². The fourth-order valence-corrected chi connectivity index (χ4v) is 4.05. The van der Waals surface area contributed by atoms with Crippen LogP contribution in [0.2, 0.25) is 0 Å². The minimum atomic E-state index is -0.122. The summed E-state index contributed by atoms with van der Waals surface area (Å²) < 4.78 is 1.75. The number of aliphatic hydroxyl groups excluding tert-OH is 1. The van der Waals surface area contributed by atoms with E-state index in [2.05, 4.69) is 60.5 Å². The van der Waals surface area contributed by atoms with Gasteiger partial charge in [-0.3, -0.25) is 4.98 Å². The summed E-state index contributed by atoms with van der Waals surface area (Å²) in [5, 5.41) is 21.2. The molecule has 0 spiro atoms. The largest absolute Gasteiger partial charge is 0.394 e. The molecule has 178 valence electrons. The van der Waals surface area contributed by atoms with Crippen LogP contribution in [-0.2, 0) is 6.54 Å². The van der Waals surface area contributed by atoms with Crippen LogP contribution >= 0.6 is 0 Å². The number of benzene rings is 1. The van der Waals surface area contributed by atoms with Crippen LogP contribution < -0.4 is 10.6 Å². The third kappa shape index (κ3) is 5.34. The van der Waals surface area contributed by atoms with Crippen molar-refractivity contribution < 1.29 is 5.11 Å². The minimum Gasteiger partial charge on any atom is -0.394 e. The molecule has 0 aliphatic rings. The van der Waals surface area contributed by atoms with E-state index in [4.69, 9.17) is 9.97 Å². The van der Waals surface area contributed by atoms with E-state index in [0.29, 0.717) is 24.4 Å². The number of anilines is 2. The molecule has 1 aromatic carbocycles. The summed E-state index contributed by atoms with van der Waals surface area (Å²) in [4.78, 5) is 13.8. The summed E-state index contributed by atoms with van der Waals surface area (Å²) >= 11 is 0. The van der Waals surface area contributed by atoms with Gasteiger partial charge in [-0.05, 0) is 41.0 Å². The molecule has 0 saturated carbocycles. The van der Waals surface area contributed by atoms with Crippen molar-refractivity contribution in [2.24, 2.45) is 5.92 Å². The maximum Gasteiger partial charge on any atom is 0.229 e. The highest BCUT2D eigenvalue weighted by atomic mass is 16.3. The maximum atomic E-state index is 9.85. The standard InChI is InChI=1S/C26H33N7O/c1-17(2)12-21(16-34)30-25-31-24-23(18(3)4)15-29-33(24)26(32-25)28-14-20-13-27-11-10-22(20)19-8-6-5-7-9-19/h5-11,13,15,17-18,21,34H,12,14,16H2,1-4H3,(H2,28,30,31,32)/t21-/m1/s1. The third-order valence-corrected chi connectivity index (χ3v) is 5.75. The van der Waals surface area contributed by atoms with Crippen LogP contribution in [0.4, 0.5) is 11.9 Å². The van der Waals surface area contributed by atoms with Gasteiger partial charge in [0.2, 0.25) is 11.9 Å². The molecule has 3 N–H and O–H groups in total. The van der Waals surface area contributed by atoms with E-state index in [1.165, 1.54) is 0 Å². The quantitative estimate of drug-likeness (QED) is 0.315. The van der Waals surface area contributed by atoms with Crippen LogP contribution in [0.15, 0.2) is 55.0 Å². The highest BCUT2D eigenvalue weighted by molar-refractivity contribution is 5.67. The van der Waals surface area contributed by atoms with E-state index in [1.807, 2.05) is 42.9 Å². The third-order valence-electron chi connectivity index (χ3n) is 5.75. The monoisotopic (exact) mass is 459 g/mol. The summed E-state index contributed by atoms with van der Waals surface area (Å²) in [6.45, 7) is 9.05. The lowest BCUT2D eigenvalue weighted by atomic mass is 10.0. The molecule has 8 nitrogen and oxygen atoms in total. The first-order chi connectivity index (χ1) is 16.5. The molecular weight excluding hydrogens is 426 g/mol. The summed E-state index contributed by atoms with van der Waals surface area (Å²) in [5.74, 6) is 1.77. The lowest BCUT2D eigenvalue weighted by Crippen LogP contribution is -2.27. The van der Waals surface area contributed by atoms with Gasteiger partial charge in [-0.25, -0.2) is 0 Å². The molecule has 0 amide bonds. The predicted octanol–water partition coefficient (Wildman–Crippen LogP) is 4.74. The summed E-state index contributed by atoms with van der Waals surface area (Å²) in [6, 6.07) is 12.2. The first-order valence-electron chi connectivity index (χ1n) is 11.8. The predicted molar refractivity (Wildman–Crippen MR) is 136 cm³/mol. The van der Waals surface area contributed by atoms with Crippen LogP contribution in [-0.4, -0.2) is 42.3 Å². The molecule has 0 saturated heterocycles. The zero-order valence-electron chi connectivity index (χ0n) is 20.2. The summed E-state index contributed by atoms with van der Waals surface area (Å²) in [5.41, 5.74) is 5.11. The smallest absolute Gasteiger partial charge is 0.229 e. The van der Waals surface area contributed by atoms with Crippen molar-refractivity contribution in [2.45, 2.75) is 52.6 Å². The second-order valence-electron chi connectivity index (χ2n) is 9.27. The number of nitrogens with one attached hydrogen (secondary N) is 2. The lowest BCUT2D eigenvalue weighted by molar-refractivity contribution is 0.259. The number of fused-ring (bicyclic) bond motifs is 1. The fraction of sp³-hybridized carbons (Fsp3) is 0.385. The van der Waals surface area contributed by atoms with E-state index < -0.39 is 0 Å². The summed E-state index contributed by atoms with van der Waals surface area (Å²) in [7, 11) is 0. The number of aromatic nitrogens is 5. The van der Waals surface area contributed by atoms with E-state index in [9.17, 15) is 5.11 Å². The van der Waals surface area contributed by atoms with E-state index in [-0.39, 0.29) is 18.6 Å². The molecule has 4 rings (SSSR count). The highest BCUT2D eigenvalue weighted by Gasteiger charge is 2.18. The van der Waals surface area contributed by atoms with Gasteiger partial charge in [0, 0.05) is 24.5 Å². The minimum absolute atomic E-state index is 0.0158. The molecule has 3 heterocycles. The van der Waals surface area contributed by atoms with Gasteiger partial charge in [0.1, 0.15) is 0 Å². The van der Waals surface area contributed by atoms with Crippen LogP contribution in [0.5, 0.6) is 0 Å². The van der Waals surface area contributed by atoms with Crippen LogP contribution in [0, 0.1) is 5.92 Å². The molecule has 34 heavy (non-hydrogen) atoms. The number of aliphatic hydroxyl groups is 1. The van der Waals surface area contributed by atoms with Crippen LogP contribution in [0.3, 0.4) is 0 Å².